The summed E-state index contributed by atoms with van der Waals surface area (Å²) in [5.74, 6) is -0.364. The van der Waals surface area contributed by atoms with Gasteiger partial charge < -0.3 is 15.0 Å². The van der Waals surface area contributed by atoms with Gasteiger partial charge in [0.15, 0.2) is 0 Å². The van der Waals surface area contributed by atoms with E-state index in [0.29, 0.717) is 24.3 Å². The normalized spacial score (nSPS) is 13.9. The Morgan fingerprint density at radius 3 is 2.34 bits per heavy atom. The van der Waals surface area contributed by atoms with E-state index in [-0.39, 0.29) is 22.1 Å². The number of rotatable bonds is 8. The quantitative estimate of drug-likeness (QED) is 0.654. The molecule has 1 N–H and O–H groups in total. The number of amides is 2. The number of methoxy groups -OCH3 is 1. The first-order valence-electron chi connectivity index (χ1n) is 10.7. The summed E-state index contributed by atoms with van der Waals surface area (Å²) >= 11 is 0. The maximum Gasteiger partial charge on any atom is 0.255 e. The molecule has 1 aliphatic heterocycles. The highest BCUT2D eigenvalue weighted by molar-refractivity contribution is 7.89. The number of likely N-dealkylation sites (tertiary alicyclic amines) is 1. The predicted molar refractivity (Wildman–Crippen MR) is 123 cm³/mol. The zero-order valence-electron chi connectivity index (χ0n) is 18.6. The summed E-state index contributed by atoms with van der Waals surface area (Å²) in [6.07, 6.45) is 2.00. The number of carbonyl (C=O) groups is 2. The minimum Gasteiger partial charge on any atom is -0.495 e. The van der Waals surface area contributed by atoms with E-state index >= 15 is 0 Å². The van der Waals surface area contributed by atoms with Crippen LogP contribution in [0.2, 0.25) is 0 Å². The monoisotopic (exact) mass is 459 g/mol. The minimum atomic E-state index is -3.82. The smallest absolute Gasteiger partial charge is 0.255 e. The summed E-state index contributed by atoms with van der Waals surface area (Å²) in [5, 5.41) is 2.76. The van der Waals surface area contributed by atoms with Gasteiger partial charge in [0.25, 0.3) is 11.8 Å². The van der Waals surface area contributed by atoms with Crippen LogP contribution in [0.4, 0.5) is 5.69 Å². The number of nitrogens with zero attached hydrogens (tertiary/aromatic N) is 2. The average Bonchev–Trinajstić information content (AvgIpc) is 3.34. The Morgan fingerprint density at radius 2 is 1.72 bits per heavy atom. The molecule has 2 aromatic rings. The van der Waals surface area contributed by atoms with Crippen LogP contribution < -0.4 is 10.1 Å². The number of sulfonamides is 1. The number of hydrogen-bond acceptors (Lipinski definition) is 5. The van der Waals surface area contributed by atoms with Crippen LogP contribution in [0.1, 0.15) is 47.4 Å². The van der Waals surface area contributed by atoms with Crippen molar-refractivity contribution in [2.24, 2.45) is 0 Å². The molecule has 0 spiro atoms. The zero-order valence-corrected chi connectivity index (χ0v) is 19.4. The van der Waals surface area contributed by atoms with Crippen molar-refractivity contribution in [1.29, 1.82) is 0 Å². The standard InChI is InChI=1S/C23H29N3O5S/c1-4-26(5-2)32(29,30)21-16-17(11-12-20(21)31-3)22(27)24-19-10-8-9-18(15-19)23(28)25-13-6-7-14-25/h8-12,15-16H,4-7,13-14H2,1-3H3,(H,24,27). The SMILES string of the molecule is CCN(CC)S(=O)(=O)c1cc(C(=O)Nc2cccc(C(=O)N3CCCC3)c2)ccc1OC. The summed E-state index contributed by atoms with van der Waals surface area (Å²) in [5.41, 5.74) is 1.14. The van der Waals surface area contributed by atoms with Gasteiger partial charge in [-0.3, -0.25) is 9.59 Å². The second-order valence-corrected chi connectivity index (χ2v) is 9.40. The molecule has 1 aliphatic rings. The van der Waals surface area contributed by atoms with E-state index in [9.17, 15) is 18.0 Å². The van der Waals surface area contributed by atoms with E-state index in [0.717, 1.165) is 25.9 Å². The minimum absolute atomic E-state index is 0.0596. The van der Waals surface area contributed by atoms with Crippen molar-refractivity contribution in [3.63, 3.8) is 0 Å². The van der Waals surface area contributed by atoms with Gasteiger partial charge in [-0.1, -0.05) is 19.9 Å². The van der Waals surface area contributed by atoms with Gasteiger partial charge in [0.05, 0.1) is 7.11 Å². The third kappa shape index (κ3) is 4.94. The van der Waals surface area contributed by atoms with Gasteiger partial charge in [0, 0.05) is 43.0 Å². The molecule has 32 heavy (non-hydrogen) atoms. The summed E-state index contributed by atoms with van der Waals surface area (Å²) in [7, 11) is -2.43. The van der Waals surface area contributed by atoms with Crippen LogP contribution in [0.3, 0.4) is 0 Å². The summed E-state index contributed by atoms with van der Waals surface area (Å²) in [6.45, 7) is 5.59. The maximum absolute atomic E-state index is 13.0. The molecule has 2 aromatic carbocycles. The number of hydrogen-bond donors (Lipinski definition) is 1. The summed E-state index contributed by atoms with van der Waals surface area (Å²) in [6, 6.07) is 11.1. The highest BCUT2D eigenvalue weighted by Gasteiger charge is 2.27. The van der Waals surface area contributed by atoms with E-state index in [1.807, 2.05) is 0 Å². The molecule has 0 aliphatic carbocycles. The molecule has 2 amide bonds. The van der Waals surface area contributed by atoms with Gasteiger partial charge in [-0.2, -0.15) is 4.31 Å². The first-order chi connectivity index (χ1) is 15.3. The largest absolute Gasteiger partial charge is 0.495 e. The molecule has 0 radical (unpaired) electrons. The highest BCUT2D eigenvalue weighted by Crippen LogP contribution is 2.28. The Balaban J connectivity index is 1.86. The van der Waals surface area contributed by atoms with Crippen molar-refractivity contribution in [2.75, 3.05) is 38.6 Å². The second kappa shape index (κ2) is 10.1. The predicted octanol–water partition coefficient (Wildman–Crippen LogP) is 3.21. The summed E-state index contributed by atoms with van der Waals surface area (Å²) < 4.78 is 32.6. The van der Waals surface area contributed by atoms with Crippen molar-refractivity contribution in [3.05, 3.63) is 53.6 Å². The molecular formula is C23H29N3O5S. The lowest BCUT2D eigenvalue weighted by atomic mass is 10.1. The first-order valence-corrected chi connectivity index (χ1v) is 12.1. The fourth-order valence-electron chi connectivity index (χ4n) is 3.76. The van der Waals surface area contributed by atoms with E-state index in [1.165, 1.54) is 29.6 Å². The average molecular weight is 460 g/mol. The Bertz CT molecular complexity index is 1090. The highest BCUT2D eigenvalue weighted by atomic mass is 32.2. The second-order valence-electron chi connectivity index (χ2n) is 7.49. The number of carbonyl (C=O) groups excluding carboxylic acids is 2. The van der Waals surface area contributed by atoms with Crippen molar-refractivity contribution in [1.82, 2.24) is 9.21 Å². The van der Waals surface area contributed by atoms with Crippen molar-refractivity contribution >= 4 is 27.5 Å². The lowest BCUT2D eigenvalue weighted by Gasteiger charge is -2.20. The van der Waals surface area contributed by atoms with E-state index in [2.05, 4.69) is 5.32 Å². The lowest BCUT2D eigenvalue weighted by molar-refractivity contribution is 0.0792. The Labute approximate surface area is 189 Å². The molecule has 1 saturated heterocycles. The van der Waals surface area contributed by atoms with Crippen molar-refractivity contribution in [3.8, 4) is 5.75 Å². The molecular weight excluding hydrogens is 430 g/mol. The van der Waals surface area contributed by atoms with Gasteiger partial charge in [-0.15, -0.1) is 0 Å². The number of nitrogens with one attached hydrogen (secondary N) is 1. The molecule has 0 bridgehead atoms. The number of anilines is 1. The van der Waals surface area contributed by atoms with Crippen LogP contribution in [0.15, 0.2) is 47.4 Å². The fraction of sp³-hybridized carbons (Fsp3) is 0.391. The van der Waals surface area contributed by atoms with Gasteiger partial charge in [0.2, 0.25) is 10.0 Å². The third-order valence-corrected chi connectivity index (χ3v) is 7.58. The molecule has 8 nitrogen and oxygen atoms in total. The zero-order chi connectivity index (χ0) is 23.3. The number of ether oxygens (including phenoxy) is 1. The fourth-order valence-corrected chi connectivity index (χ4v) is 5.40. The summed E-state index contributed by atoms with van der Waals surface area (Å²) in [4.78, 5) is 27.3. The first kappa shape index (κ1) is 23.7. The van der Waals surface area contributed by atoms with Crippen molar-refractivity contribution < 1.29 is 22.7 Å². The molecule has 0 atom stereocenters. The van der Waals surface area contributed by atoms with Crippen LogP contribution in [0.5, 0.6) is 5.75 Å². The van der Waals surface area contributed by atoms with Gasteiger partial charge >= 0.3 is 0 Å². The molecule has 3 rings (SSSR count). The Morgan fingerprint density at radius 1 is 1.03 bits per heavy atom. The van der Waals surface area contributed by atoms with Crippen LogP contribution in [0.25, 0.3) is 0 Å². The molecule has 1 fully saturated rings. The Kier molecular flexibility index (Phi) is 7.52. The van der Waals surface area contributed by atoms with Crippen molar-refractivity contribution in [2.45, 2.75) is 31.6 Å². The maximum atomic E-state index is 13.0. The molecule has 0 unspecified atom stereocenters. The molecule has 0 saturated carbocycles. The molecule has 1 heterocycles. The molecule has 0 aromatic heterocycles. The van der Waals surface area contributed by atoms with Gasteiger partial charge in [-0.25, -0.2) is 8.42 Å². The molecule has 9 heteroatoms. The van der Waals surface area contributed by atoms with Gasteiger partial charge in [-0.05, 0) is 49.2 Å². The van der Waals surface area contributed by atoms with E-state index < -0.39 is 15.9 Å². The van der Waals surface area contributed by atoms with Crippen LogP contribution in [0, 0.1) is 0 Å². The topological polar surface area (TPSA) is 96.0 Å². The third-order valence-electron chi connectivity index (χ3n) is 5.51. The van der Waals surface area contributed by atoms with Gasteiger partial charge in [0.1, 0.15) is 10.6 Å². The number of benzene rings is 2. The van der Waals surface area contributed by atoms with Crippen LogP contribution >= 0.6 is 0 Å². The van der Waals surface area contributed by atoms with E-state index in [4.69, 9.17) is 4.74 Å². The van der Waals surface area contributed by atoms with Crippen LogP contribution in [-0.4, -0.2) is 62.7 Å². The van der Waals surface area contributed by atoms with Crippen LogP contribution in [-0.2, 0) is 10.0 Å². The Hall–Kier alpha value is -2.91. The van der Waals surface area contributed by atoms with E-state index in [1.54, 1.807) is 43.0 Å². The molecule has 172 valence electrons. The lowest BCUT2D eigenvalue weighted by Crippen LogP contribution is -2.31.